The van der Waals surface area contributed by atoms with Crippen molar-refractivity contribution in [1.29, 1.82) is 5.26 Å². The molecule has 0 unspecified atom stereocenters. The fourth-order valence-electron chi connectivity index (χ4n) is 1.48. The topological polar surface area (TPSA) is 70.4 Å². The molecule has 0 aliphatic rings. The maximum Gasteiger partial charge on any atom is 0.246 e. The molecule has 0 saturated carbocycles. The molecular weight excluding hydrogens is 252 g/mol. The SMILES string of the molecule is COc1ccc(C)cc1S(=O)(=O)N(C)CCC#N. The molecule has 0 heterocycles. The van der Waals surface area contributed by atoms with Crippen LogP contribution in [0.4, 0.5) is 0 Å². The Hall–Kier alpha value is -1.58. The van der Waals surface area contributed by atoms with Crippen molar-refractivity contribution in [1.82, 2.24) is 4.31 Å². The Balaban J connectivity index is 3.19. The lowest BCUT2D eigenvalue weighted by Gasteiger charge is -2.18. The summed E-state index contributed by atoms with van der Waals surface area (Å²) in [7, 11) is -0.737. The van der Waals surface area contributed by atoms with Gasteiger partial charge in [0.05, 0.1) is 13.2 Å². The van der Waals surface area contributed by atoms with E-state index in [1.807, 2.05) is 13.0 Å². The van der Waals surface area contributed by atoms with Crippen LogP contribution < -0.4 is 4.74 Å². The fraction of sp³-hybridized carbons (Fsp3) is 0.417. The number of hydrogen-bond donors (Lipinski definition) is 0. The first-order valence-electron chi connectivity index (χ1n) is 5.41. The van der Waals surface area contributed by atoms with Gasteiger partial charge < -0.3 is 4.74 Å². The van der Waals surface area contributed by atoms with E-state index in [-0.39, 0.29) is 17.9 Å². The summed E-state index contributed by atoms with van der Waals surface area (Å²) < 4.78 is 30.8. The van der Waals surface area contributed by atoms with Gasteiger partial charge in [0, 0.05) is 20.0 Å². The second-order valence-electron chi connectivity index (χ2n) is 3.89. The monoisotopic (exact) mass is 268 g/mol. The average Bonchev–Trinajstić information content (AvgIpc) is 2.35. The predicted molar refractivity (Wildman–Crippen MR) is 67.8 cm³/mol. The summed E-state index contributed by atoms with van der Waals surface area (Å²) in [6, 6.07) is 6.90. The maximum absolute atomic E-state index is 12.3. The minimum Gasteiger partial charge on any atom is -0.495 e. The fourth-order valence-corrected chi connectivity index (χ4v) is 2.89. The molecule has 0 fully saturated rings. The minimum atomic E-state index is -3.62. The van der Waals surface area contributed by atoms with Gasteiger partial charge in [0.25, 0.3) is 0 Å². The molecule has 0 atom stereocenters. The number of ether oxygens (including phenoxy) is 1. The first-order chi connectivity index (χ1) is 8.43. The molecular formula is C12H16N2O3S. The Morgan fingerprint density at radius 1 is 1.44 bits per heavy atom. The van der Waals surface area contributed by atoms with E-state index in [1.165, 1.54) is 14.2 Å². The Morgan fingerprint density at radius 3 is 2.67 bits per heavy atom. The number of benzene rings is 1. The van der Waals surface area contributed by atoms with Crippen LogP contribution in [0.3, 0.4) is 0 Å². The third-order valence-corrected chi connectivity index (χ3v) is 4.42. The van der Waals surface area contributed by atoms with E-state index in [0.717, 1.165) is 9.87 Å². The van der Waals surface area contributed by atoms with E-state index in [0.29, 0.717) is 5.75 Å². The smallest absolute Gasteiger partial charge is 0.246 e. The van der Waals surface area contributed by atoms with Crippen LogP contribution in [0.25, 0.3) is 0 Å². The van der Waals surface area contributed by atoms with Crippen LogP contribution in [0.2, 0.25) is 0 Å². The molecule has 0 spiro atoms. The lowest BCUT2D eigenvalue weighted by molar-refractivity contribution is 0.398. The van der Waals surface area contributed by atoms with Crippen molar-refractivity contribution in [3.05, 3.63) is 23.8 Å². The van der Waals surface area contributed by atoms with Crippen LogP contribution in [0.5, 0.6) is 5.75 Å². The number of hydrogen-bond acceptors (Lipinski definition) is 4. The molecule has 0 aliphatic carbocycles. The average molecular weight is 268 g/mol. The Bertz CT molecular complexity index is 561. The first kappa shape index (κ1) is 14.5. The van der Waals surface area contributed by atoms with Crippen LogP contribution in [-0.2, 0) is 10.0 Å². The minimum absolute atomic E-state index is 0.130. The Morgan fingerprint density at radius 2 is 2.11 bits per heavy atom. The molecule has 0 saturated heterocycles. The lowest BCUT2D eigenvalue weighted by Crippen LogP contribution is -2.28. The van der Waals surface area contributed by atoms with Crippen molar-refractivity contribution < 1.29 is 13.2 Å². The van der Waals surface area contributed by atoms with E-state index in [2.05, 4.69) is 0 Å². The van der Waals surface area contributed by atoms with E-state index in [4.69, 9.17) is 10.00 Å². The molecule has 1 rings (SSSR count). The van der Waals surface area contributed by atoms with Crippen LogP contribution >= 0.6 is 0 Å². The molecule has 1 aromatic carbocycles. The van der Waals surface area contributed by atoms with Crippen molar-refractivity contribution in [3.8, 4) is 11.8 Å². The summed E-state index contributed by atoms with van der Waals surface area (Å²) >= 11 is 0. The van der Waals surface area contributed by atoms with Crippen molar-refractivity contribution in [2.75, 3.05) is 20.7 Å². The molecule has 0 radical (unpaired) electrons. The summed E-state index contributed by atoms with van der Waals surface area (Å²) in [6.07, 6.45) is 0.157. The zero-order chi connectivity index (χ0) is 13.8. The van der Waals surface area contributed by atoms with Gasteiger partial charge in [-0.1, -0.05) is 6.07 Å². The lowest BCUT2D eigenvalue weighted by atomic mass is 10.2. The third-order valence-electron chi connectivity index (χ3n) is 2.55. The van der Waals surface area contributed by atoms with Gasteiger partial charge in [-0.2, -0.15) is 9.57 Å². The van der Waals surface area contributed by atoms with Crippen LogP contribution in [0.1, 0.15) is 12.0 Å². The van der Waals surface area contributed by atoms with Crippen molar-refractivity contribution in [2.45, 2.75) is 18.2 Å². The molecule has 98 valence electrons. The van der Waals surface area contributed by atoms with E-state index >= 15 is 0 Å². The molecule has 0 amide bonds. The number of aryl methyl sites for hydroxylation is 1. The quantitative estimate of drug-likeness (QED) is 0.812. The summed E-state index contributed by atoms with van der Waals surface area (Å²) in [5.74, 6) is 0.310. The van der Waals surface area contributed by atoms with Crippen molar-refractivity contribution >= 4 is 10.0 Å². The van der Waals surface area contributed by atoms with Crippen molar-refractivity contribution in [3.63, 3.8) is 0 Å². The van der Waals surface area contributed by atoms with Gasteiger partial charge in [-0.3, -0.25) is 0 Å². The number of nitriles is 1. The van der Waals surface area contributed by atoms with Gasteiger partial charge in [-0.25, -0.2) is 8.42 Å². The standard InChI is InChI=1S/C12H16N2O3S/c1-10-5-6-11(17-3)12(9-10)18(15,16)14(2)8-4-7-13/h5-6,9H,4,8H2,1-3H3. The van der Waals surface area contributed by atoms with E-state index in [9.17, 15) is 8.42 Å². The highest BCUT2D eigenvalue weighted by molar-refractivity contribution is 7.89. The molecule has 0 bridgehead atoms. The number of methoxy groups -OCH3 is 1. The van der Waals surface area contributed by atoms with Gasteiger partial charge in [0.1, 0.15) is 10.6 Å². The van der Waals surface area contributed by atoms with Gasteiger partial charge in [0.15, 0.2) is 0 Å². The summed E-state index contributed by atoms with van der Waals surface area (Å²) in [4.78, 5) is 0.130. The van der Waals surface area contributed by atoms with Gasteiger partial charge in [-0.05, 0) is 24.6 Å². The Labute approximate surface area is 108 Å². The van der Waals surface area contributed by atoms with Crippen LogP contribution in [0, 0.1) is 18.3 Å². The summed E-state index contributed by atoms with van der Waals surface area (Å²) in [5.41, 5.74) is 0.836. The summed E-state index contributed by atoms with van der Waals surface area (Å²) in [6.45, 7) is 1.98. The highest BCUT2D eigenvalue weighted by Crippen LogP contribution is 2.27. The van der Waals surface area contributed by atoms with Crippen LogP contribution in [0.15, 0.2) is 23.1 Å². The zero-order valence-electron chi connectivity index (χ0n) is 10.7. The number of nitrogens with zero attached hydrogens (tertiary/aromatic N) is 2. The molecule has 0 aromatic heterocycles. The molecule has 0 N–H and O–H groups in total. The second-order valence-corrected chi connectivity index (χ2v) is 5.90. The van der Waals surface area contributed by atoms with Crippen LogP contribution in [-0.4, -0.2) is 33.4 Å². The molecule has 0 aliphatic heterocycles. The maximum atomic E-state index is 12.3. The largest absolute Gasteiger partial charge is 0.495 e. The van der Waals surface area contributed by atoms with Gasteiger partial charge in [0.2, 0.25) is 10.0 Å². The van der Waals surface area contributed by atoms with Crippen molar-refractivity contribution in [2.24, 2.45) is 0 Å². The molecule has 18 heavy (non-hydrogen) atoms. The normalized spacial score (nSPS) is 11.3. The summed E-state index contributed by atoms with van der Waals surface area (Å²) in [5, 5.41) is 8.50. The van der Waals surface area contributed by atoms with E-state index < -0.39 is 10.0 Å². The first-order valence-corrected chi connectivity index (χ1v) is 6.85. The highest BCUT2D eigenvalue weighted by Gasteiger charge is 2.24. The molecule has 1 aromatic rings. The highest BCUT2D eigenvalue weighted by atomic mass is 32.2. The molecule has 6 heteroatoms. The van der Waals surface area contributed by atoms with Gasteiger partial charge >= 0.3 is 0 Å². The zero-order valence-corrected chi connectivity index (χ0v) is 11.5. The number of rotatable bonds is 5. The van der Waals surface area contributed by atoms with E-state index in [1.54, 1.807) is 18.2 Å². The Kier molecular flexibility index (Phi) is 4.70. The van der Waals surface area contributed by atoms with Gasteiger partial charge in [-0.15, -0.1) is 0 Å². The third kappa shape index (κ3) is 3.00. The number of sulfonamides is 1. The molecule has 5 nitrogen and oxygen atoms in total. The predicted octanol–water partition coefficient (Wildman–Crippen LogP) is 1.54. The second kappa shape index (κ2) is 5.85.